The number of hydrogen-bond donors (Lipinski definition) is 2. The molecule has 1 rings (SSSR count). The minimum atomic E-state index is -0.874. The van der Waals surface area contributed by atoms with Crippen molar-refractivity contribution in [2.24, 2.45) is 0 Å². The van der Waals surface area contributed by atoms with Gasteiger partial charge in [-0.2, -0.15) is 0 Å². The number of phenols is 1. The molecule has 0 aliphatic heterocycles. The summed E-state index contributed by atoms with van der Waals surface area (Å²) < 4.78 is 0. The maximum atomic E-state index is 10.9. The van der Waals surface area contributed by atoms with Crippen LogP contribution < -0.4 is 0 Å². The van der Waals surface area contributed by atoms with Gasteiger partial charge in [-0.05, 0) is 47.3 Å². The van der Waals surface area contributed by atoms with E-state index in [1.807, 2.05) is 0 Å². The summed E-state index contributed by atoms with van der Waals surface area (Å²) in [5, 5.41) is 19.6. The molecule has 0 radical (unpaired) electrons. The van der Waals surface area contributed by atoms with E-state index in [1.54, 1.807) is 13.0 Å². The van der Waals surface area contributed by atoms with Gasteiger partial charge in [0, 0.05) is 5.57 Å². The summed E-state index contributed by atoms with van der Waals surface area (Å²) in [5.41, 5.74) is 3.10. The number of carboxylic acid groups (broad SMARTS) is 1. The average molecular weight is 318 g/mol. The molecule has 0 bridgehead atoms. The Kier molecular flexibility index (Phi) is 5.68. The normalized spacial score (nSPS) is 13.3. The Bertz CT molecular complexity index is 576. The summed E-state index contributed by atoms with van der Waals surface area (Å²) in [6, 6.07) is 4.10. The molecule has 0 aliphatic carbocycles. The van der Waals surface area contributed by atoms with Crippen LogP contribution in [0.1, 0.15) is 71.6 Å². The van der Waals surface area contributed by atoms with Crippen molar-refractivity contribution < 1.29 is 15.0 Å². The highest BCUT2D eigenvalue weighted by Gasteiger charge is 2.26. The van der Waals surface area contributed by atoms with Crippen molar-refractivity contribution >= 4 is 5.97 Å². The zero-order valence-electron chi connectivity index (χ0n) is 15.4. The summed E-state index contributed by atoms with van der Waals surface area (Å²) >= 11 is 0. The first-order chi connectivity index (χ1) is 10.3. The molecule has 128 valence electrons. The first-order valence-corrected chi connectivity index (χ1v) is 8.11. The Labute approximate surface area is 140 Å². The van der Waals surface area contributed by atoms with Gasteiger partial charge in [0.05, 0.1) is 0 Å². The molecule has 1 aromatic carbocycles. The molecular weight excluding hydrogens is 288 g/mol. The van der Waals surface area contributed by atoms with Crippen LogP contribution in [0, 0.1) is 0 Å². The molecule has 2 N–H and O–H groups in total. The van der Waals surface area contributed by atoms with Crippen LogP contribution in [-0.2, 0) is 22.0 Å². The maximum Gasteiger partial charge on any atom is 0.330 e. The number of phenolic OH excluding ortho intramolecular Hbond substituents is 1. The van der Waals surface area contributed by atoms with Gasteiger partial charge < -0.3 is 10.2 Å². The zero-order valence-corrected chi connectivity index (χ0v) is 15.4. The minimum absolute atomic E-state index is 0.146. The second-order valence-electron chi connectivity index (χ2n) is 8.27. The molecule has 0 heterocycles. The van der Waals surface area contributed by atoms with Gasteiger partial charge in [0.15, 0.2) is 0 Å². The predicted octanol–water partition coefficient (Wildman–Crippen LogP) is 4.95. The molecule has 3 heteroatoms. The van der Waals surface area contributed by atoms with Crippen LogP contribution >= 0.6 is 0 Å². The van der Waals surface area contributed by atoms with Crippen molar-refractivity contribution in [3.05, 3.63) is 40.5 Å². The van der Waals surface area contributed by atoms with Crippen molar-refractivity contribution in [1.82, 2.24) is 0 Å². The van der Waals surface area contributed by atoms with Crippen molar-refractivity contribution in [3.63, 3.8) is 0 Å². The second-order valence-corrected chi connectivity index (χ2v) is 8.27. The smallest absolute Gasteiger partial charge is 0.330 e. The highest BCUT2D eigenvalue weighted by molar-refractivity contribution is 5.85. The third-order valence-electron chi connectivity index (χ3n) is 4.01. The molecule has 0 spiro atoms. The van der Waals surface area contributed by atoms with Crippen LogP contribution in [0.25, 0.3) is 0 Å². The van der Waals surface area contributed by atoms with Crippen molar-refractivity contribution in [1.29, 1.82) is 0 Å². The summed E-state index contributed by atoms with van der Waals surface area (Å²) in [6.45, 7) is 14.2. The highest BCUT2D eigenvalue weighted by atomic mass is 16.4. The van der Waals surface area contributed by atoms with Gasteiger partial charge in [0.25, 0.3) is 0 Å². The van der Waals surface area contributed by atoms with Crippen LogP contribution in [-0.4, -0.2) is 16.2 Å². The maximum absolute atomic E-state index is 10.9. The standard InChI is InChI=1S/C20H30O3/c1-13(18(22)23)9-8-10-14-11-15(19(2,3)4)17(21)16(12-14)20(5,6)7/h9,11-12,21H,8,10H2,1-7H3,(H,22,23). The van der Waals surface area contributed by atoms with Gasteiger partial charge in [-0.3, -0.25) is 0 Å². The van der Waals surface area contributed by atoms with Crippen molar-refractivity contribution in [2.45, 2.75) is 72.1 Å². The number of hydrogen-bond acceptors (Lipinski definition) is 2. The average Bonchev–Trinajstić information content (AvgIpc) is 2.37. The molecule has 23 heavy (non-hydrogen) atoms. The SMILES string of the molecule is CC(=CCCc1cc(C(C)(C)C)c(O)c(C(C)(C)C)c1)C(=O)O. The Balaban J connectivity index is 3.24. The first-order valence-electron chi connectivity index (χ1n) is 8.11. The molecule has 0 saturated heterocycles. The number of carbonyl (C=O) groups is 1. The van der Waals surface area contributed by atoms with E-state index in [1.165, 1.54) is 0 Å². The fourth-order valence-corrected chi connectivity index (χ4v) is 2.52. The van der Waals surface area contributed by atoms with E-state index in [9.17, 15) is 9.90 Å². The van der Waals surface area contributed by atoms with E-state index in [0.29, 0.717) is 17.7 Å². The lowest BCUT2D eigenvalue weighted by atomic mass is 9.78. The van der Waals surface area contributed by atoms with Gasteiger partial charge in [-0.1, -0.05) is 59.8 Å². The molecule has 0 atom stereocenters. The summed E-state index contributed by atoms with van der Waals surface area (Å²) in [7, 11) is 0. The van der Waals surface area contributed by atoms with Crippen LogP contribution in [0.3, 0.4) is 0 Å². The van der Waals surface area contributed by atoms with E-state index in [2.05, 4.69) is 53.7 Å². The molecule has 3 nitrogen and oxygen atoms in total. The van der Waals surface area contributed by atoms with Gasteiger partial charge in [-0.25, -0.2) is 4.79 Å². The minimum Gasteiger partial charge on any atom is -0.507 e. The Morgan fingerprint density at radius 2 is 1.48 bits per heavy atom. The van der Waals surface area contributed by atoms with Gasteiger partial charge in [-0.15, -0.1) is 0 Å². The number of carboxylic acids is 1. The fraction of sp³-hybridized carbons (Fsp3) is 0.550. The summed E-state index contributed by atoms with van der Waals surface area (Å²) in [4.78, 5) is 10.9. The lowest BCUT2D eigenvalue weighted by molar-refractivity contribution is -0.132. The monoisotopic (exact) mass is 318 g/mol. The van der Waals surface area contributed by atoms with Gasteiger partial charge in [0.2, 0.25) is 0 Å². The number of aliphatic carboxylic acids is 1. The molecule has 0 aliphatic rings. The lowest BCUT2D eigenvalue weighted by Gasteiger charge is -2.28. The van der Waals surface area contributed by atoms with Gasteiger partial charge >= 0.3 is 5.97 Å². The Hall–Kier alpha value is -1.77. The Morgan fingerprint density at radius 3 is 1.83 bits per heavy atom. The van der Waals surface area contributed by atoms with Crippen LogP contribution in [0.15, 0.2) is 23.8 Å². The highest BCUT2D eigenvalue weighted by Crippen LogP contribution is 2.39. The molecule has 1 aromatic rings. The molecule has 0 amide bonds. The van der Waals surface area contributed by atoms with E-state index in [0.717, 1.165) is 23.1 Å². The molecule has 0 fully saturated rings. The number of rotatable bonds is 4. The Morgan fingerprint density at radius 1 is 1.04 bits per heavy atom. The van der Waals surface area contributed by atoms with E-state index >= 15 is 0 Å². The molecule has 0 aromatic heterocycles. The van der Waals surface area contributed by atoms with E-state index in [4.69, 9.17) is 5.11 Å². The lowest BCUT2D eigenvalue weighted by Crippen LogP contribution is -2.17. The van der Waals surface area contributed by atoms with Crippen LogP contribution in [0.4, 0.5) is 0 Å². The zero-order chi connectivity index (χ0) is 18.0. The number of aromatic hydroxyl groups is 1. The fourth-order valence-electron chi connectivity index (χ4n) is 2.52. The molecular formula is C20H30O3. The first kappa shape index (κ1) is 19.3. The predicted molar refractivity (Wildman–Crippen MR) is 95.2 cm³/mol. The largest absolute Gasteiger partial charge is 0.507 e. The van der Waals surface area contributed by atoms with Crippen LogP contribution in [0.5, 0.6) is 5.75 Å². The molecule has 0 unspecified atom stereocenters. The quantitative estimate of drug-likeness (QED) is 0.772. The topological polar surface area (TPSA) is 57.5 Å². The summed E-state index contributed by atoms with van der Waals surface area (Å²) in [5.74, 6) is -0.493. The van der Waals surface area contributed by atoms with Crippen molar-refractivity contribution in [2.75, 3.05) is 0 Å². The number of allylic oxidation sites excluding steroid dienone is 1. The van der Waals surface area contributed by atoms with E-state index < -0.39 is 5.97 Å². The van der Waals surface area contributed by atoms with Gasteiger partial charge in [0.1, 0.15) is 5.75 Å². The molecule has 0 saturated carbocycles. The van der Waals surface area contributed by atoms with Crippen molar-refractivity contribution in [3.8, 4) is 5.75 Å². The summed E-state index contributed by atoms with van der Waals surface area (Å²) in [6.07, 6.45) is 3.19. The van der Waals surface area contributed by atoms with Crippen LogP contribution in [0.2, 0.25) is 0 Å². The number of benzene rings is 1. The third kappa shape index (κ3) is 5.12. The second kappa shape index (κ2) is 6.77. The third-order valence-corrected chi connectivity index (χ3v) is 4.01. The van der Waals surface area contributed by atoms with E-state index in [-0.39, 0.29) is 10.8 Å². The number of aryl methyl sites for hydroxylation is 1.